The second-order valence-corrected chi connectivity index (χ2v) is 7.65. The smallest absolute Gasteiger partial charge is 0.221 e. The van der Waals surface area contributed by atoms with Crippen molar-refractivity contribution in [2.45, 2.75) is 19.3 Å². The summed E-state index contributed by atoms with van der Waals surface area (Å²) in [5.41, 5.74) is 3.17. The number of aromatic nitrogens is 2. The van der Waals surface area contributed by atoms with Gasteiger partial charge in [0.2, 0.25) is 5.91 Å². The molecule has 1 atom stereocenters. The molecule has 1 N–H and O–H groups in total. The number of carbonyl (C=O) groups is 1. The topological polar surface area (TPSA) is 58.9 Å². The number of hydrogen-bond acceptors (Lipinski definition) is 4. The summed E-state index contributed by atoms with van der Waals surface area (Å²) in [4.78, 5) is 19.6. The summed E-state index contributed by atoms with van der Waals surface area (Å²) in [6, 6.07) is 10.6. The van der Waals surface area contributed by atoms with Gasteiger partial charge in [-0.15, -0.1) is 0 Å². The van der Waals surface area contributed by atoms with Crippen molar-refractivity contribution in [1.82, 2.24) is 19.6 Å². The number of rotatable bonds is 7. The minimum absolute atomic E-state index is 0.0980. The molecule has 0 spiro atoms. The van der Waals surface area contributed by atoms with Crippen molar-refractivity contribution in [2.24, 2.45) is 0 Å². The Morgan fingerprint density at radius 3 is 2.83 bits per heavy atom. The van der Waals surface area contributed by atoms with Crippen LogP contribution in [0.4, 0.5) is 4.39 Å². The monoisotopic (exact) mass is 410 g/mol. The molecule has 3 heterocycles. The van der Waals surface area contributed by atoms with Crippen LogP contribution < -0.4 is 5.32 Å². The van der Waals surface area contributed by atoms with Crippen molar-refractivity contribution in [3.8, 4) is 0 Å². The third-order valence-corrected chi connectivity index (χ3v) is 5.64. The van der Waals surface area contributed by atoms with E-state index in [2.05, 4.69) is 15.2 Å². The third-order valence-electron chi connectivity index (χ3n) is 5.64. The maximum atomic E-state index is 14.7. The van der Waals surface area contributed by atoms with Gasteiger partial charge in [0.15, 0.2) is 0 Å². The van der Waals surface area contributed by atoms with Crippen LogP contribution in [0.3, 0.4) is 0 Å². The van der Waals surface area contributed by atoms with Crippen LogP contribution in [0.1, 0.15) is 29.2 Å². The van der Waals surface area contributed by atoms with Crippen LogP contribution in [0.2, 0.25) is 0 Å². The van der Waals surface area contributed by atoms with Crippen molar-refractivity contribution in [2.75, 3.05) is 39.4 Å². The van der Waals surface area contributed by atoms with Gasteiger partial charge in [0.1, 0.15) is 11.5 Å². The molecule has 0 aliphatic carbocycles. The number of aryl methyl sites for hydroxylation is 1. The summed E-state index contributed by atoms with van der Waals surface area (Å²) in [5, 5.41) is 3.00. The molecule has 1 aromatic carbocycles. The maximum absolute atomic E-state index is 14.7. The van der Waals surface area contributed by atoms with Gasteiger partial charge in [-0.3, -0.25) is 9.69 Å². The highest BCUT2D eigenvalue weighted by molar-refractivity contribution is 5.77. The molecule has 1 aliphatic heterocycles. The fourth-order valence-corrected chi connectivity index (χ4v) is 4.00. The van der Waals surface area contributed by atoms with Crippen molar-refractivity contribution < 1.29 is 13.9 Å². The molecule has 7 heteroatoms. The van der Waals surface area contributed by atoms with E-state index in [9.17, 15) is 9.18 Å². The number of imidazole rings is 1. The van der Waals surface area contributed by atoms with E-state index in [-0.39, 0.29) is 18.1 Å². The summed E-state index contributed by atoms with van der Waals surface area (Å²) < 4.78 is 22.0. The predicted molar refractivity (Wildman–Crippen MR) is 113 cm³/mol. The Morgan fingerprint density at radius 2 is 2.03 bits per heavy atom. The average Bonchev–Trinajstić information content (AvgIpc) is 3.19. The molecule has 3 aromatic rings. The van der Waals surface area contributed by atoms with E-state index >= 15 is 0 Å². The van der Waals surface area contributed by atoms with Gasteiger partial charge in [0.05, 0.1) is 18.9 Å². The van der Waals surface area contributed by atoms with Gasteiger partial charge in [-0.25, -0.2) is 9.37 Å². The van der Waals surface area contributed by atoms with Gasteiger partial charge in [-0.2, -0.15) is 0 Å². The Bertz CT molecular complexity index is 1010. The molecule has 1 unspecified atom stereocenters. The quantitative estimate of drug-likeness (QED) is 0.651. The van der Waals surface area contributed by atoms with Crippen molar-refractivity contribution >= 4 is 11.6 Å². The largest absolute Gasteiger partial charge is 0.379 e. The number of ether oxygens (including phenoxy) is 1. The van der Waals surface area contributed by atoms with Gasteiger partial charge in [0, 0.05) is 50.9 Å². The molecule has 6 nitrogen and oxygen atoms in total. The number of morpholine rings is 1. The fourth-order valence-electron chi connectivity index (χ4n) is 4.00. The normalized spacial score (nSPS) is 15.9. The second-order valence-electron chi connectivity index (χ2n) is 7.65. The molecule has 30 heavy (non-hydrogen) atoms. The van der Waals surface area contributed by atoms with Crippen LogP contribution in [0.25, 0.3) is 5.65 Å². The lowest BCUT2D eigenvalue weighted by molar-refractivity contribution is -0.121. The van der Waals surface area contributed by atoms with Gasteiger partial charge >= 0.3 is 0 Å². The van der Waals surface area contributed by atoms with Crippen LogP contribution in [-0.2, 0) is 9.53 Å². The van der Waals surface area contributed by atoms with Crippen LogP contribution in [0, 0.1) is 12.7 Å². The lowest BCUT2D eigenvalue weighted by Gasteiger charge is -2.26. The lowest BCUT2D eigenvalue weighted by Crippen LogP contribution is -2.41. The highest BCUT2D eigenvalue weighted by Crippen LogP contribution is 2.31. The first kappa shape index (κ1) is 20.5. The van der Waals surface area contributed by atoms with Crippen LogP contribution >= 0.6 is 0 Å². The van der Waals surface area contributed by atoms with Crippen molar-refractivity contribution in [3.05, 3.63) is 71.4 Å². The van der Waals surface area contributed by atoms with Gasteiger partial charge in [0.25, 0.3) is 0 Å². The number of nitrogens with one attached hydrogen (secondary N) is 1. The summed E-state index contributed by atoms with van der Waals surface area (Å²) >= 11 is 0. The number of halogens is 1. The van der Waals surface area contributed by atoms with E-state index in [0.29, 0.717) is 12.1 Å². The molecule has 0 radical (unpaired) electrons. The van der Waals surface area contributed by atoms with E-state index in [1.54, 1.807) is 24.4 Å². The molecule has 0 saturated carbocycles. The average molecular weight is 410 g/mol. The van der Waals surface area contributed by atoms with Crippen molar-refractivity contribution in [3.63, 3.8) is 0 Å². The van der Waals surface area contributed by atoms with E-state index < -0.39 is 5.92 Å². The molecule has 1 fully saturated rings. The number of fused-ring (bicyclic) bond motifs is 1. The first-order chi connectivity index (χ1) is 14.6. The van der Waals surface area contributed by atoms with Crippen LogP contribution in [-0.4, -0.2) is 59.6 Å². The minimum atomic E-state index is -0.425. The zero-order chi connectivity index (χ0) is 20.9. The molecule has 1 saturated heterocycles. The molecule has 1 aliphatic rings. The number of benzene rings is 1. The fraction of sp³-hybridized carbons (Fsp3) is 0.391. The number of hydrogen-bond donors (Lipinski definition) is 1. The van der Waals surface area contributed by atoms with Crippen LogP contribution in [0.5, 0.6) is 0 Å². The standard InChI is InChI=1S/C23H27FN4O2/c1-17-5-4-9-28-21(16-26-23(17)28)19(18-6-2-3-7-20(18)24)15-22(29)25-8-10-27-11-13-30-14-12-27/h2-7,9,16,19H,8,10-15H2,1H3,(H,25,29). The second kappa shape index (κ2) is 9.36. The van der Waals surface area contributed by atoms with Crippen molar-refractivity contribution in [1.29, 1.82) is 0 Å². The zero-order valence-electron chi connectivity index (χ0n) is 17.2. The van der Waals surface area contributed by atoms with E-state index in [1.165, 1.54) is 6.07 Å². The van der Waals surface area contributed by atoms with Crippen LogP contribution in [0.15, 0.2) is 48.8 Å². The molecular weight excluding hydrogens is 383 g/mol. The van der Waals surface area contributed by atoms with E-state index in [0.717, 1.165) is 49.8 Å². The molecule has 4 rings (SSSR count). The number of nitrogens with zero attached hydrogens (tertiary/aromatic N) is 3. The Kier molecular flexibility index (Phi) is 6.40. The molecule has 2 aromatic heterocycles. The number of pyridine rings is 1. The first-order valence-corrected chi connectivity index (χ1v) is 10.4. The Balaban J connectivity index is 1.53. The lowest BCUT2D eigenvalue weighted by atomic mass is 9.92. The first-order valence-electron chi connectivity index (χ1n) is 10.4. The van der Waals surface area contributed by atoms with E-state index in [1.807, 2.05) is 29.7 Å². The third kappa shape index (κ3) is 4.52. The Labute approximate surface area is 175 Å². The molecular formula is C23H27FN4O2. The highest BCUT2D eigenvalue weighted by Gasteiger charge is 2.24. The maximum Gasteiger partial charge on any atom is 0.221 e. The Morgan fingerprint density at radius 1 is 1.23 bits per heavy atom. The Hall–Kier alpha value is -2.77. The molecule has 158 valence electrons. The zero-order valence-corrected chi connectivity index (χ0v) is 17.2. The predicted octanol–water partition coefficient (Wildman–Crippen LogP) is 2.75. The van der Waals surface area contributed by atoms with Gasteiger partial charge in [-0.1, -0.05) is 24.3 Å². The minimum Gasteiger partial charge on any atom is -0.379 e. The molecule has 1 amide bonds. The number of amides is 1. The summed E-state index contributed by atoms with van der Waals surface area (Å²) in [7, 11) is 0. The van der Waals surface area contributed by atoms with E-state index in [4.69, 9.17) is 4.74 Å². The number of carbonyl (C=O) groups excluding carboxylic acids is 1. The van der Waals surface area contributed by atoms with Gasteiger partial charge < -0.3 is 14.5 Å². The summed E-state index contributed by atoms with van der Waals surface area (Å²) in [6.45, 7) is 6.57. The summed E-state index contributed by atoms with van der Waals surface area (Å²) in [6.07, 6.45) is 3.82. The SMILES string of the molecule is Cc1cccn2c(C(CC(=O)NCCN3CCOCC3)c3ccccc3F)cnc12. The van der Waals surface area contributed by atoms with Gasteiger partial charge in [-0.05, 0) is 30.2 Å². The molecule has 0 bridgehead atoms. The highest BCUT2D eigenvalue weighted by atomic mass is 19.1. The summed E-state index contributed by atoms with van der Waals surface area (Å²) in [5.74, 6) is -0.836.